The van der Waals surface area contributed by atoms with Crippen LogP contribution in [0.1, 0.15) is 138 Å². The lowest BCUT2D eigenvalue weighted by Crippen LogP contribution is -2.66. The molecule has 0 spiro atoms. The molecule has 3 aromatic carbocycles. The number of benzene rings is 3. The van der Waals surface area contributed by atoms with Crippen LogP contribution in [-0.2, 0) is 19.0 Å². The van der Waals surface area contributed by atoms with Gasteiger partial charge in [0.25, 0.3) is 0 Å². The van der Waals surface area contributed by atoms with Gasteiger partial charge in [-0.25, -0.2) is 14.4 Å². The van der Waals surface area contributed by atoms with Gasteiger partial charge in [-0.05, 0) is 185 Å². The van der Waals surface area contributed by atoms with Crippen LogP contribution in [0.2, 0.25) is 0 Å². The van der Waals surface area contributed by atoms with Crippen molar-refractivity contribution >= 4 is 91.5 Å². The molecule has 0 saturated heterocycles. The Bertz CT molecular complexity index is 2300. The Kier molecular flexibility index (Phi) is 13.7. The van der Waals surface area contributed by atoms with Gasteiger partial charge in [0, 0.05) is 34.9 Å². The van der Waals surface area contributed by atoms with Gasteiger partial charge in [0.15, 0.2) is 6.10 Å². The van der Waals surface area contributed by atoms with Gasteiger partial charge in [0.05, 0.1) is 22.3 Å². The first kappa shape index (κ1) is 47.6. The Morgan fingerprint density at radius 2 is 1.27 bits per heavy atom. The van der Waals surface area contributed by atoms with Crippen LogP contribution < -0.4 is 0 Å². The van der Waals surface area contributed by atoms with Crippen LogP contribution in [0.5, 0.6) is 0 Å². The van der Waals surface area contributed by atoms with Crippen molar-refractivity contribution < 1.29 is 38.5 Å². The Labute approximate surface area is 407 Å². The number of rotatable bonds is 11. The van der Waals surface area contributed by atoms with Crippen LogP contribution in [0.25, 0.3) is 0 Å². The van der Waals surface area contributed by atoms with Crippen molar-refractivity contribution in [3.8, 4) is 0 Å². The second kappa shape index (κ2) is 17.8. The van der Waals surface area contributed by atoms with Crippen LogP contribution >= 0.6 is 67.8 Å². The fourth-order valence-corrected chi connectivity index (χ4v) is 14.4. The maximum absolute atomic E-state index is 14.3. The molecular formula is C51H59I3O8. The summed E-state index contributed by atoms with van der Waals surface area (Å²) in [5.74, 6) is -1.18. The minimum absolute atomic E-state index is 0.0108. The van der Waals surface area contributed by atoms with E-state index >= 15 is 0 Å². The predicted octanol–water partition coefficient (Wildman–Crippen LogP) is 12.2. The molecule has 0 bridgehead atoms. The second-order valence-corrected chi connectivity index (χ2v) is 23.6. The van der Waals surface area contributed by atoms with Crippen molar-refractivity contribution in [2.24, 2.45) is 39.4 Å². The van der Waals surface area contributed by atoms with E-state index in [-0.39, 0.29) is 46.4 Å². The summed E-state index contributed by atoms with van der Waals surface area (Å²) >= 11 is 6.41. The average Bonchev–Trinajstić information content (AvgIpc) is 3.55. The second-order valence-electron chi connectivity index (χ2n) is 20.1. The van der Waals surface area contributed by atoms with Crippen LogP contribution in [-0.4, -0.2) is 52.7 Å². The Balaban J connectivity index is 1.30. The van der Waals surface area contributed by atoms with Crippen molar-refractivity contribution in [2.75, 3.05) is 0 Å². The summed E-state index contributed by atoms with van der Waals surface area (Å²) < 4.78 is 21.7. The molecule has 3 fully saturated rings. The number of hydrogen-bond acceptors (Lipinski definition) is 8. The topological polar surface area (TPSA) is 116 Å². The summed E-state index contributed by atoms with van der Waals surface area (Å²) in [5, 5.41) is 11.8. The lowest BCUT2D eigenvalue weighted by Gasteiger charge is -2.69. The van der Waals surface area contributed by atoms with Crippen LogP contribution in [0.3, 0.4) is 0 Å². The highest BCUT2D eigenvalue weighted by atomic mass is 127. The third-order valence-corrected chi connectivity index (χ3v) is 18.7. The SMILES string of the molecule is C[C@H](C[C@H](OC(=O)c1ccccc1I)[C@@H](OC(=O)c1ccccc1I)C(C)(C)O)C1=C2C[C@H](OC(=O)c3ccccc3I)[C@H]3[C@@]4(C)CCC(=O)C(C)(C)[C@@H]4CC[C@]3(C)[C@@]2(C)CC1. The van der Waals surface area contributed by atoms with Crippen molar-refractivity contribution in [1.82, 2.24) is 0 Å². The number of esters is 3. The summed E-state index contributed by atoms with van der Waals surface area (Å²) in [4.78, 5) is 55.8. The van der Waals surface area contributed by atoms with E-state index in [4.69, 9.17) is 14.2 Å². The molecule has 332 valence electrons. The fraction of sp³-hybridized carbons (Fsp3) is 0.529. The van der Waals surface area contributed by atoms with E-state index < -0.39 is 41.3 Å². The Morgan fingerprint density at radius 1 is 0.758 bits per heavy atom. The minimum atomic E-state index is -1.59. The van der Waals surface area contributed by atoms with E-state index in [1.807, 2.05) is 48.5 Å². The van der Waals surface area contributed by atoms with Gasteiger partial charge < -0.3 is 19.3 Å². The molecule has 0 aliphatic heterocycles. The highest BCUT2D eigenvalue weighted by molar-refractivity contribution is 14.1. The monoisotopic (exact) mass is 1180 g/mol. The molecule has 4 aliphatic rings. The highest BCUT2D eigenvalue weighted by Gasteiger charge is 2.70. The smallest absolute Gasteiger partial charge is 0.339 e. The molecule has 0 heterocycles. The summed E-state index contributed by atoms with van der Waals surface area (Å²) in [7, 11) is 0. The quantitative estimate of drug-likeness (QED) is 0.0873. The molecule has 9 atom stereocenters. The maximum atomic E-state index is 14.3. The largest absolute Gasteiger partial charge is 0.458 e. The van der Waals surface area contributed by atoms with E-state index in [0.29, 0.717) is 38.9 Å². The summed E-state index contributed by atoms with van der Waals surface area (Å²) in [5.41, 5.74) is 1.03. The molecule has 0 amide bonds. The molecular weight excluding hydrogens is 1120 g/mol. The van der Waals surface area contributed by atoms with Gasteiger partial charge >= 0.3 is 17.9 Å². The minimum Gasteiger partial charge on any atom is -0.458 e. The molecule has 8 nitrogen and oxygen atoms in total. The molecule has 1 N–H and O–H groups in total. The number of allylic oxidation sites excluding steroid dienone is 1. The molecule has 0 aromatic heterocycles. The molecule has 7 rings (SSSR count). The first-order valence-corrected chi connectivity index (χ1v) is 25.1. The van der Waals surface area contributed by atoms with E-state index in [1.54, 1.807) is 38.1 Å². The van der Waals surface area contributed by atoms with E-state index in [9.17, 15) is 24.3 Å². The lowest BCUT2D eigenvalue weighted by molar-refractivity contribution is -0.208. The molecule has 0 unspecified atom stereocenters. The van der Waals surface area contributed by atoms with Crippen molar-refractivity contribution in [2.45, 2.75) is 131 Å². The number of fused-ring (bicyclic) bond motifs is 5. The van der Waals surface area contributed by atoms with E-state index in [0.717, 1.165) is 39.2 Å². The van der Waals surface area contributed by atoms with Crippen molar-refractivity contribution in [1.29, 1.82) is 0 Å². The standard InChI is InChI=1S/C51H59I3O8/c1-29(27-39(61-45(57)32-16-10-13-19-36(32)53)43(48(4,5)59)62-46(58)33-17-11-14-20-37(33)54)30-21-25-50(7)34(30)28-38(60-44(56)31-15-9-12-18-35(31)52)42-49(6)24-23-41(55)47(2,3)40(49)22-26-51(42,50)8/h9-20,29,38-40,42-43,59H,21-28H2,1-8H3/t29-,38+,39+,40+,42+,43-,49+,50+,51+/m1/s1. The number of carbonyl (C=O) groups excluding carboxylic acids is 4. The van der Waals surface area contributed by atoms with Crippen molar-refractivity contribution in [3.05, 3.63) is 111 Å². The van der Waals surface area contributed by atoms with Crippen LogP contribution in [0.15, 0.2) is 83.9 Å². The average molecular weight is 1180 g/mol. The van der Waals surface area contributed by atoms with E-state index in [2.05, 4.69) is 109 Å². The maximum Gasteiger partial charge on any atom is 0.339 e. The molecule has 62 heavy (non-hydrogen) atoms. The van der Waals surface area contributed by atoms with Gasteiger partial charge in [-0.2, -0.15) is 0 Å². The normalized spacial score (nSPS) is 29.4. The lowest BCUT2D eigenvalue weighted by atomic mass is 9.36. The molecule has 0 radical (unpaired) electrons. The predicted molar refractivity (Wildman–Crippen MR) is 265 cm³/mol. The van der Waals surface area contributed by atoms with E-state index in [1.165, 1.54) is 11.1 Å². The van der Waals surface area contributed by atoms with Gasteiger partial charge in [0.2, 0.25) is 0 Å². The highest BCUT2D eigenvalue weighted by Crippen LogP contribution is 2.74. The number of halogens is 3. The Morgan fingerprint density at radius 3 is 1.81 bits per heavy atom. The van der Waals surface area contributed by atoms with Crippen LogP contribution in [0, 0.1) is 50.1 Å². The molecule has 3 aromatic rings. The first-order valence-electron chi connectivity index (χ1n) is 21.9. The third-order valence-electron chi connectivity index (χ3n) is 15.9. The van der Waals surface area contributed by atoms with Gasteiger partial charge in [0.1, 0.15) is 18.0 Å². The number of Topliss-reactive ketones (excluding diaryl/α,β-unsaturated/α-hetero) is 1. The Hall–Kier alpha value is -2.37. The molecule has 11 heteroatoms. The van der Waals surface area contributed by atoms with Gasteiger partial charge in [-0.3, -0.25) is 4.79 Å². The third kappa shape index (κ3) is 8.48. The summed E-state index contributed by atoms with van der Waals surface area (Å²) in [6.45, 7) is 16.8. The number of aliphatic hydroxyl groups is 1. The zero-order valence-electron chi connectivity index (χ0n) is 37.0. The number of ether oxygens (including phenoxy) is 3. The zero-order chi connectivity index (χ0) is 45.2. The fourth-order valence-electron chi connectivity index (χ4n) is 12.6. The first-order chi connectivity index (χ1) is 29.0. The van der Waals surface area contributed by atoms with Gasteiger partial charge in [-0.1, -0.05) is 89.1 Å². The van der Waals surface area contributed by atoms with Crippen molar-refractivity contribution in [3.63, 3.8) is 0 Å². The number of ketones is 1. The number of hydrogen-bond donors (Lipinski definition) is 1. The van der Waals surface area contributed by atoms with Gasteiger partial charge in [-0.15, -0.1) is 0 Å². The summed E-state index contributed by atoms with van der Waals surface area (Å²) in [6, 6.07) is 21.8. The molecule has 4 aliphatic carbocycles. The summed E-state index contributed by atoms with van der Waals surface area (Å²) in [6.07, 6.45) is 3.01. The zero-order valence-corrected chi connectivity index (χ0v) is 43.5. The number of carbonyl (C=O) groups is 4. The molecule has 3 saturated carbocycles. The van der Waals surface area contributed by atoms with Crippen LogP contribution in [0.4, 0.5) is 0 Å².